The first-order valence-electron chi connectivity index (χ1n) is 10.5. The van der Waals surface area contributed by atoms with Gasteiger partial charge in [0, 0.05) is 39.0 Å². The van der Waals surface area contributed by atoms with Crippen LogP contribution >= 0.6 is 11.6 Å². The normalized spacial score (nSPS) is 15.2. The van der Waals surface area contributed by atoms with Crippen molar-refractivity contribution in [3.05, 3.63) is 35.0 Å². The van der Waals surface area contributed by atoms with E-state index < -0.39 is 15.9 Å². The fourth-order valence-corrected chi connectivity index (χ4v) is 4.44. The molecular formula is C21H29ClN4O5S. The number of nitrogens with zero attached hydrogens (tertiary/aromatic N) is 2. The molecule has 1 aliphatic heterocycles. The number of carbonyl (C=O) groups excluding carboxylic acids is 1. The average molecular weight is 485 g/mol. The first-order chi connectivity index (χ1) is 15.4. The Morgan fingerprint density at radius 2 is 2.03 bits per heavy atom. The quantitative estimate of drug-likeness (QED) is 0.265. The number of morpholine rings is 1. The fourth-order valence-electron chi connectivity index (χ4n) is 2.83. The Kier molecular flexibility index (Phi) is 10.9. The number of unbranched alkanes of at least 4 members (excludes halogenated alkanes) is 1. The maximum atomic E-state index is 12.8. The molecule has 0 saturated carbocycles. The molecule has 1 aromatic rings. The minimum atomic E-state index is -3.71. The number of halogens is 1. The molecule has 1 aromatic carbocycles. The van der Waals surface area contributed by atoms with Gasteiger partial charge in [-0.15, -0.1) is 0 Å². The number of ether oxygens (including phenoxy) is 2. The molecule has 0 unspecified atom stereocenters. The molecule has 1 fully saturated rings. The molecule has 1 saturated heterocycles. The predicted molar refractivity (Wildman–Crippen MR) is 122 cm³/mol. The minimum absolute atomic E-state index is 0.0609. The maximum Gasteiger partial charge on any atom is 0.263 e. The highest BCUT2D eigenvalue weighted by molar-refractivity contribution is 7.89. The van der Waals surface area contributed by atoms with Crippen molar-refractivity contribution >= 4 is 33.2 Å². The lowest BCUT2D eigenvalue weighted by Crippen LogP contribution is -2.40. The van der Waals surface area contributed by atoms with Crippen LogP contribution in [0.5, 0.6) is 0 Å². The Labute approximate surface area is 194 Å². The van der Waals surface area contributed by atoms with E-state index in [1.165, 1.54) is 28.7 Å². The monoisotopic (exact) mass is 484 g/mol. The number of carbonyl (C=O) groups is 1. The molecule has 9 nitrogen and oxygen atoms in total. The molecule has 0 aromatic heterocycles. The smallest absolute Gasteiger partial charge is 0.263 e. The van der Waals surface area contributed by atoms with Crippen LogP contribution < -0.4 is 10.6 Å². The van der Waals surface area contributed by atoms with Crippen LogP contribution in [0.25, 0.3) is 0 Å². The molecule has 0 aliphatic carbocycles. The lowest BCUT2D eigenvalue weighted by molar-refractivity contribution is -0.117. The number of nitrogens with one attached hydrogen (secondary N) is 2. The van der Waals surface area contributed by atoms with Gasteiger partial charge in [0.15, 0.2) is 0 Å². The zero-order chi connectivity index (χ0) is 23.4. The summed E-state index contributed by atoms with van der Waals surface area (Å²) in [5, 5.41) is 15.0. The second kappa shape index (κ2) is 13.4. The molecule has 0 atom stereocenters. The zero-order valence-electron chi connectivity index (χ0n) is 18.1. The summed E-state index contributed by atoms with van der Waals surface area (Å²) in [6, 6.07) is 6.08. The summed E-state index contributed by atoms with van der Waals surface area (Å²) in [6.45, 7) is 4.91. The topological polar surface area (TPSA) is 121 Å². The first-order valence-corrected chi connectivity index (χ1v) is 12.3. The van der Waals surface area contributed by atoms with Crippen LogP contribution in [0.15, 0.2) is 34.9 Å². The van der Waals surface area contributed by atoms with Crippen LogP contribution in [0.2, 0.25) is 5.02 Å². The van der Waals surface area contributed by atoms with Crippen molar-refractivity contribution in [1.29, 1.82) is 5.26 Å². The molecule has 0 spiro atoms. The fraction of sp³-hybridized carbons (Fsp3) is 0.524. The standard InChI is InChI=1S/C21H29ClN4O5S/c1-2-3-10-30-11-4-7-24-21(27)17(15-23)16-25-20-14-18(5-6-19(20)22)32(28,29)26-8-12-31-13-9-26/h5-6,14,16,25H,2-4,7-13H2,1H3,(H,24,27)/b17-16-. The van der Waals surface area contributed by atoms with E-state index in [9.17, 15) is 18.5 Å². The van der Waals surface area contributed by atoms with E-state index in [1.807, 2.05) is 6.07 Å². The van der Waals surface area contributed by atoms with Gasteiger partial charge in [-0.05, 0) is 31.0 Å². The van der Waals surface area contributed by atoms with Crippen LogP contribution in [-0.4, -0.2) is 64.7 Å². The van der Waals surface area contributed by atoms with Gasteiger partial charge in [-0.1, -0.05) is 24.9 Å². The van der Waals surface area contributed by atoms with E-state index in [2.05, 4.69) is 17.6 Å². The van der Waals surface area contributed by atoms with Gasteiger partial charge in [0.05, 0.1) is 28.8 Å². The van der Waals surface area contributed by atoms with Crippen molar-refractivity contribution in [2.75, 3.05) is 51.4 Å². The van der Waals surface area contributed by atoms with Gasteiger partial charge in [0.1, 0.15) is 11.6 Å². The van der Waals surface area contributed by atoms with Crippen molar-refractivity contribution in [1.82, 2.24) is 9.62 Å². The first kappa shape index (κ1) is 26.1. The largest absolute Gasteiger partial charge is 0.381 e. The van der Waals surface area contributed by atoms with Crippen LogP contribution in [0.1, 0.15) is 26.2 Å². The van der Waals surface area contributed by atoms with Crippen LogP contribution in [0.3, 0.4) is 0 Å². The Hall–Kier alpha value is -2.16. The van der Waals surface area contributed by atoms with Crippen molar-refractivity contribution in [3.8, 4) is 6.07 Å². The van der Waals surface area contributed by atoms with Gasteiger partial charge in [0.2, 0.25) is 10.0 Å². The molecule has 0 bridgehead atoms. The van der Waals surface area contributed by atoms with Gasteiger partial charge >= 0.3 is 0 Å². The summed E-state index contributed by atoms with van der Waals surface area (Å²) < 4.78 is 37.7. The Morgan fingerprint density at radius 1 is 1.31 bits per heavy atom. The molecule has 1 amide bonds. The highest BCUT2D eigenvalue weighted by Crippen LogP contribution is 2.27. The Bertz CT molecular complexity index is 940. The van der Waals surface area contributed by atoms with E-state index in [-0.39, 0.29) is 34.3 Å². The molecular weight excluding hydrogens is 456 g/mol. The van der Waals surface area contributed by atoms with Crippen molar-refractivity contribution in [2.24, 2.45) is 0 Å². The molecule has 11 heteroatoms. The SMILES string of the molecule is CCCCOCCCNC(=O)/C(C#N)=C\Nc1cc(S(=O)(=O)N2CCOCC2)ccc1Cl. The van der Waals surface area contributed by atoms with E-state index in [1.54, 1.807) is 0 Å². The van der Waals surface area contributed by atoms with Crippen molar-refractivity contribution < 1.29 is 22.7 Å². The molecule has 1 aliphatic rings. The number of benzene rings is 1. The Morgan fingerprint density at radius 3 is 2.72 bits per heavy atom. The Balaban J connectivity index is 1.98. The van der Waals surface area contributed by atoms with Gasteiger partial charge < -0.3 is 20.1 Å². The molecule has 2 N–H and O–H groups in total. The number of anilines is 1. The summed E-state index contributed by atoms with van der Waals surface area (Å²) in [7, 11) is -3.71. The molecule has 32 heavy (non-hydrogen) atoms. The number of rotatable bonds is 12. The van der Waals surface area contributed by atoms with Crippen molar-refractivity contribution in [2.45, 2.75) is 31.1 Å². The van der Waals surface area contributed by atoms with E-state index in [0.29, 0.717) is 39.4 Å². The van der Waals surface area contributed by atoms with Crippen LogP contribution in [-0.2, 0) is 24.3 Å². The number of hydrogen-bond donors (Lipinski definition) is 2. The number of hydrogen-bond acceptors (Lipinski definition) is 7. The third-order valence-corrected chi connectivity index (χ3v) is 6.90. The summed E-state index contributed by atoms with van der Waals surface area (Å²) >= 11 is 6.18. The van der Waals surface area contributed by atoms with Gasteiger partial charge in [0.25, 0.3) is 5.91 Å². The maximum absolute atomic E-state index is 12.8. The number of amides is 1. The highest BCUT2D eigenvalue weighted by Gasteiger charge is 2.26. The summed E-state index contributed by atoms with van der Waals surface area (Å²) in [4.78, 5) is 12.3. The van der Waals surface area contributed by atoms with E-state index >= 15 is 0 Å². The average Bonchev–Trinajstić information content (AvgIpc) is 2.80. The van der Waals surface area contributed by atoms with E-state index in [4.69, 9.17) is 21.1 Å². The number of sulfonamides is 1. The highest BCUT2D eigenvalue weighted by atomic mass is 35.5. The van der Waals surface area contributed by atoms with Crippen LogP contribution in [0, 0.1) is 11.3 Å². The second-order valence-corrected chi connectivity index (χ2v) is 9.39. The summed E-state index contributed by atoms with van der Waals surface area (Å²) in [6.07, 6.45) is 3.90. The zero-order valence-corrected chi connectivity index (χ0v) is 19.7. The molecule has 1 heterocycles. The lowest BCUT2D eigenvalue weighted by atomic mass is 10.2. The predicted octanol–water partition coefficient (Wildman–Crippen LogP) is 2.50. The molecule has 0 radical (unpaired) electrons. The van der Waals surface area contributed by atoms with Crippen LogP contribution in [0.4, 0.5) is 5.69 Å². The second-order valence-electron chi connectivity index (χ2n) is 7.05. The van der Waals surface area contributed by atoms with Gasteiger partial charge in [-0.3, -0.25) is 4.79 Å². The summed E-state index contributed by atoms with van der Waals surface area (Å²) in [5.41, 5.74) is 0.111. The molecule has 2 rings (SSSR count). The van der Waals surface area contributed by atoms with Crippen molar-refractivity contribution in [3.63, 3.8) is 0 Å². The lowest BCUT2D eigenvalue weighted by Gasteiger charge is -2.26. The molecule has 176 valence electrons. The third kappa shape index (κ3) is 7.76. The van der Waals surface area contributed by atoms with Gasteiger partial charge in [-0.2, -0.15) is 9.57 Å². The van der Waals surface area contributed by atoms with Gasteiger partial charge in [-0.25, -0.2) is 8.42 Å². The van der Waals surface area contributed by atoms with E-state index in [0.717, 1.165) is 12.8 Å². The number of nitriles is 1. The minimum Gasteiger partial charge on any atom is -0.381 e. The summed E-state index contributed by atoms with van der Waals surface area (Å²) in [5.74, 6) is -0.540. The third-order valence-electron chi connectivity index (χ3n) is 4.68.